The van der Waals surface area contributed by atoms with Crippen LogP contribution in [0.4, 0.5) is 0 Å². The topological polar surface area (TPSA) is 197 Å². The summed E-state index contributed by atoms with van der Waals surface area (Å²) in [4.78, 5) is 0. The first-order valence-corrected chi connectivity index (χ1v) is 12.4. The highest BCUT2D eigenvalue weighted by Gasteiger charge is 2.54. The highest BCUT2D eigenvalue weighted by atomic mass is 16.7. The summed E-state index contributed by atoms with van der Waals surface area (Å²) in [7, 11) is 5.48. The minimum atomic E-state index is -1.62. The number of hydrogen-bond acceptors (Lipinski definition) is 13. The minimum absolute atomic E-state index is 0.00568. The zero-order valence-electron chi connectivity index (χ0n) is 22.8. The molecule has 13 heteroatoms. The Kier molecular flexibility index (Phi) is 10.6. The summed E-state index contributed by atoms with van der Waals surface area (Å²) in [5.74, 6) is 0.314. The van der Waals surface area contributed by atoms with Crippen LogP contribution in [0.3, 0.4) is 0 Å². The minimum Gasteiger partial charge on any atom is -0.504 e. The van der Waals surface area contributed by atoms with Gasteiger partial charge >= 0.3 is 0 Å². The van der Waals surface area contributed by atoms with Crippen molar-refractivity contribution < 1.29 is 64.2 Å². The molecule has 0 amide bonds. The molecule has 1 fully saturated rings. The Bertz CT molecular complexity index is 1100. The standard InChI is InChI=1S/C27H38O13/c1-35-19-10-16(6-7-17(19)31)27(14-30,38-4)26(13-29,37-3)11-15-5-8-18(20(9-15)36-2)39-25-24(34)23(33)22(32)21(12-28)40-25/h5-10,21-25,28-34H,11-14H2,1-4H3/t21-,22-,23+,24-,25-,26-,27+/m1/s1. The first kappa shape index (κ1) is 31.8. The summed E-state index contributed by atoms with van der Waals surface area (Å²) >= 11 is 0. The fourth-order valence-electron chi connectivity index (χ4n) is 4.96. The van der Waals surface area contributed by atoms with Gasteiger partial charge in [0.1, 0.15) is 35.6 Å². The number of ether oxygens (including phenoxy) is 6. The Morgan fingerprint density at radius 3 is 2.02 bits per heavy atom. The number of rotatable bonds is 13. The van der Waals surface area contributed by atoms with Gasteiger partial charge in [0, 0.05) is 20.6 Å². The second kappa shape index (κ2) is 13.3. The quantitative estimate of drug-likeness (QED) is 0.156. The van der Waals surface area contributed by atoms with Crippen molar-refractivity contribution in [3.8, 4) is 23.0 Å². The molecule has 0 unspecified atom stereocenters. The monoisotopic (exact) mass is 570 g/mol. The van der Waals surface area contributed by atoms with E-state index in [-0.39, 0.29) is 29.4 Å². The summed E-state index contributed by atoms with van der Waals surface area (Å²) in [6.45, 7) is -1.81. The molecule has 1 heterocycles. The molecule has 2 aromatic rings. The Hall–Kier alpha value is -2.72. The summed E-state index contributed by atoms with van der Waals surface area (Å²) < 4.78 is 33.5. The number of methoxy groups -OCH3 is 4. The van der Waals surface area contributed by atoms with Crippen molar-refractivity contribution in [3.05, 3.63) is 47.5 Å². The van der Waals surface area contributed by atoms with Gasteiger partial charge in [-0.3, -0.25) is 0 Å². The SMILES string of the molecule is COc1cc([C@](CO)(OC)[C@](CO)(Cc2ccc(O[C@@H]3O[C@H](CO)[C@@H](O)[C@H](O)[C@H]3O)c(OC)c2)OC)ccc1O. The van der Waals surface area contributed by atoms with Crippen molar-refractivity contribution in [2.75, 3.05) is 48.3 Å². The number of aromatic hydroxyl groups is 1. The molecule has 0 bridgehead atoms. The predicted octanol–water partition coefficient (Wildman–Crippen LogP) is -0.958. The Labute approximate surface area is 231 Å². The third-order valence-electron chi connectivity index (χ3n) is 7.41. The number of phenolic OH excluding ortho intramolecular Hbond substituents is 1. The maximum atomic E-state index is 10.6. The number of benzene rings is 2. The number of hydrogen-bond donors (Lipinski definition) is 7. The van der Waals surface area contributed by atoms with Gasteiger partial charge in [-0.05, 0) is 35.4 Å². The van der Waals surface area contributed by atoms with Crippen molar-refractivity contribution in [1.82, 2.24) is 0 Å². The lowest BCUT2D eigenvalue weighted by molar-refractivity contribution is -0.277. The van der Waals surface area contributed by atoms with E-state index in [9.17, 15) is 35.7 Å². The fraction of sp³-hybridized carbons (Fsp3) is 0.556. The maximum absolute atomic E-state index is 10.6. The molecular weight excluding hydrogens is 532 g/mol. The van der Waals surface area contributed by atoms with Crippen LogP contribution < -0.4 is 14.2 Å². The molecule has 1 saturated heterocycles. The molecule has 3 rings (SSSR count). The average Bonchev–Trinajstić information content (AvgIpc) is 2.98. The first-order chi connectivity index (χ1) is 19.1. The lowest BCUT2D eigenvalue weighted by Gasteiger charge is -2.47. The number of aliphatic hydroxyl groups is 6. The van der Waals surface area contributed by atoms with Crippen molar-refractivity contribution >= 4 is 0 Å². The molecule has 0 aliphatic carbocycles. The smallest absolute Gasteiger partial charge is 0.229 e. The largest absolute Gasteiger partial charge is 0.504 e. The van der Waals surface area contributed by atoms with E-state index in [1.54, 1.807) is 12.1 Å². The number of phenols is 1. The van der Waals surface area contributed by atoms with Gasteiger partial charge in [0.05, 0.1) is 34.0 Å². The Balaban J connectivity index is 1.97. The highest BCUT2D eigenvalue weighted by Crippen LogP contribution is 2.44. The molecule has 0 radical (unpaired) electrons. The normalized spacial score (nSPS) is 26.0. The van der Waals surface area contributed by atoms with Crippen molar-refractivity contribution in [1.29, 1.82) is 0 Å². The molecule has 0 saturated carbocycles. The van der Waals surface area contributed by atoms with E-state index in [4.69, 9.17) is 28.4 Å². The van der Waals surface area contributed by atoms with Crippen LogP contribution in [0.1, 0.15) is 11.1 Å². The van der Waals surface area contributed by atoms with Crippen LogP contribution in [-0.4, -0.2) is 120 Å². The molecule has 7 N–H and O–H groups in total. The van der Waals surface area contributed by atoms with Crippen LogP contribution in [0, 0.1) is 0 Å². The van der Waals surface area contributed by atoms with Gasteiger partial charge in [0.2, 0.25) is 6.29 Å². The van der Waals surface area contributed by atoms with E-state index in [2.05, 4.69) is 0 Å². The van der Waals surface area contributed by atoms with Crippen molar-refractivity contribution in [2.45, 2.75) is 48.3 Å². The van der Waals surface area contributed by atoms with Crippen LogP contribution >= 0.6 is 0 Å². The maximum Gasteiger partial charge on any atom is 0.229 e. The van der Waals surface area contributed by atoms with Gasteiger partial charge < -0.3 is 64.2 Å². The molecule has 224 valence electrons. The summed E-state index contributed by atoms with van der Waals surface area (Å²) in [5.41, 5.74) is -2.23. The summed E-state index contributed by atoms with van der Waals surface area (Å²) in [5, 5.41) is 71.2. The molecule has 13 nitrogen and oxygen atoms in total. The van der Waals surface area contributed by atoms with Crippen LogP contribution in [-0.2, 0) is 26.2 Å². The van der Waals surface area contributed by atoms with E-state index >= 15 is 0 Å². The van der Waals surface area contributed by atoms with E-state index in [0.717, 1.165) is 0 Å². The lowest BCUT2D eigenvalue weighted by atomic mass is 9.74. The van der Waals surface area contributed by atoms with Gasteiger partial charge in [-0.1, -0.05) is 12.1 Å². The Morgan fingerprint density at radius 2 is 1.48 bits per heavy atom. The van der Waals surface area contributed by atoms with Crippen molar-refractivity contribution in [3.63, 3.8) is 0 Å². The van der Waals surface area contributed by atoms with Gasteiger partial charge in [0.15, 0.2) is 23.0 Å². The zero-order valence-corrected chi connectivity index (χ0v) is 22.8. The summed E-state index contributed by atoms with van der Waals surface area (Å²) in [6.07, 6.45) is -7.36. The first-order valence-electron chi connectivity index (χ1n) is 12.4. The van der Waals surface area contributed by atoms with E-state index in [1.807, 2.05) is 0 Å². The molecule has 1 aliphatic rings. The van der Waals surface area contributed by atoms with Gasteiger partial charge in [-0.25, -0.2) is 0 Å². The lowest BCUT2D eigenvalue weighted by Crippen LogP contribution is -2.60. The molecule has 0 aromatic heterocycles. The predicted molar refractivity (Wildman–Crippen MR) is 138 cm³/mol. The molecule has 7 atom stereocenters. The molecular formula is C27H38O13. The number of aliphatic hydroxyl groups excluding tert-OH is 6. The molecule has 40 heavy (non-hydrogen) atoms. The second-order valence-corrected chi connectivity index (χ2v) is 9.41. The van der Waals surface area contributed by atoms with Crippen LogP contribution in [0.25, 0.3) is 0 Å². The Morgan fingerprint density at radius 1 is 0.775 bits per heavy atom. The second-order valence-electron chi connectivity index (χ2n) is 9.41. The third-order valence-corrected chi connectivity index (χ3v) is 7.41. The van der Waals surface area contributed by atoms with Crippen LogP contribution in [0.15, 0.2) is 36.4 Å². The van der Waals surface area contributed by atoms with E-state index in [1.165, 1.54) is 52.7 Å². The zero-order chi connectivity index (χ0) is 29.7. The molecule has 1 aliphatic heterocycles. The van der Waals surface area contributed by atoms with Crippen LogP contribution in [0.2, 0.25) is 0 Å². The van der Waals surface area contributed by atoms with Gasteiger partial charge in [-0.2, -0.15) is 0 Å². The summed E-state index contributed by atoms with van der Waals surface area (Å²) in [6, 6.07) is 9.10. The van der Waals surface area contributed by atoms with Gasteiger partial charge in [0.25, 0.3) is 0 Å². The third kappa shape index (κ3) is 5.70. The van der Waals surface area contributed by atoms with Gasteiger partial charge in [-0.15, -0.1) is 0 Å². The van der Waals surface area contributed by atoms with E-state index in [0.29, 0.717) is 11.1 Å². The van der Waals surface area contributed by atoms with Crippen molar-refractivity contribution in [2.24, 2.45) is 0 Å². The molecule has 2 aromatic carbocycles. The van der Waals surface area contributed by atoms with E-state index < -0.39 is 61.7 Å². The van der Waals surface area contributed by atoms with Crippen LogP contribution in [0.5, 0.6) is 23.0 Å². The fourth-order valence-corrected chi connectivity index (χ4v) is 4.96. The highest BCUT2D eigenvalue weighted by molar-refractivity contribution is 5.46. The average molecular weight is 571 g/mol. The molecule has 0 spiro atoms.